The summed E-state index contributed by atoms with van der Waals surface area (Å²) in [6.07, 6.45) is 18.8. The van der Waals surface area contributed by atoms with E-state index in [-0.39, 0.29) is 18.4 Å². The number of anilines is 2. The van der Waals surface area contributed by atoms with Crippen LogP contribution < -0.4 is 15.5 Å². The number of rotatable bonds is 19. The van der Waals surface area contributed by atoms with Gasteiger partial charge in [-0.3, -0.25) is 9.59 Å². The number of nitrogens with zero attached hydrogens (tertiary/aromatic N) is 1. The van der Waals surface area contributed by atoms with Crippen LogP contribution in [0.25, 0.3) is 0 Å². The van der Waals surface area contributed by atoms with Crippen molar-refractivity contribution < 1.29 is 9.59 Å². The average Bonchev–Trinajstić information content (AvgIpc) is 2.80. The Morgan fingerprint density at radius 2 is 1.22 bits per heavy atom. The van der Waals surface area contributed by atoms with Crippen LogP contribution in [-0.2, 0) is 9.59 Å². The minimum Gasteiger partial charge on any atom is -0.376 e. The molecule has 182 valence electrons. The second kappa shape index (κ2) is 18.5. The zero-order valence-corrected chi connectivity index (χ0v) is 20.9. The predicted octanol–water partition coefficient (Wildman–Crippen LogP) is 6.68. The molecule has 0 aliphatic heterocycles. The number of amides is 2. The first kappa shape index (κ1) is 28.0. The highest BCUT2D eigenvalue weighted by molar-refractivity contribution is 5.91. The average molecular weight is 446 g/mol. The molecule has 2 N–H and O–H groups in total. The molecule has 0 saturated heterocycles. The van der Waals surface area contributed by atoms with Gasteiger partial charge in [0.15, 0.2) is 0 Å². The predicted molar refractivity (Wildman–Crippen MR) is 137 cm³/mol. The lowest BCUT2D eigenvalue weighted by Gasteiger charge is -2.15. The summed E-state index contributed by atoms with van der Waals surface area (Å²) in [6.45, 7) is 4.82. The summed E-state index contributed by atoms with van der Waals surface area (Å²) in [5, 5.41) is 6.11. The van der Waals surface area contributed by atoms with Crippen LogP contribution in [0.2, 0.25) is 0 Å². The Kier molecular flexibility index (Phi) is 16.2. The van der Waals surface area contributed by atoms with E-state index >= 15 is 0 Å². The first-order valence-electron chi connectivity index (χ1n) is 12.9. The third-order valence-electron chi connectivity index (χ3n) is 6.03. The highest BCUT2D eigenvalue weighted by Crippen LogP contribution is 2.17. The summed E-state index contributed by atoms with van der Waals surface area (Å²) < 4.78 is 0. The topological polar surface area (TPSA) is 61.4 Å². The van der Waals surface area contributed by atoms with Gasteiger partial charge < -0.3 is 15.5 Å². The van der Waals surface area contributed by atoms with Crippen molar-refractivity contribution in [3.8, 4) is 0 Å². The van der Waals surface area contributed by atoms with Gasteiger partial charge in [-0.2, -0.15) is 0 Å². The van der Waals surface area contributed by atoms with E-state index in [0.29, 0.717) is 0 Å². The van der Waals surface area contributed by atoms with Crippen molar-refractivity contribution in [2.24, 2.45) is 0 Å². The number of benzene rings is 1. The van der Waals surface area contributed by atoms with Gasteiger partial charge >= 0.3 is 0 Å². The number of unbranched alkanes of at least 4 members (excludes halogenated alkanes) is 13. The van der Waals surface area contributed by atoms with Crippen molar-refractivity contribution >= 4 is 23.2 Å². The van der Waals surface area contributed by atoms with E-state index in [1.807, 2.05) is 24.3 Å². The van der Waals surface area contributed by atoms with Crippen LogP contribution in [0.5, 0.6) is 0 Å². The van der Waals surface area contributed by atoms with E-state index in [9.17, 15) is 9.59 Å². The molecule has 1 aromatic carbocycles. The van der Waals surface area contributed by atoms with Gasteiger partial charge in [-0.1, -0.05) is 90.4 Å². The first-order valence-corrected chi connectivity index (χ1v) is 12.9. The summed E-state index contributed by atoms with van der Waals surface area (Å²) in [4.78, 5) is 25.0. The Bertz CT molecular complexity index is 616. The van der Waals surface area contributed by atoms with E-state index < -0.39 is 0 Å². The number of hydrogen-bond acceptors (Lipinski definition) is 3. The number of carbonyl (C=O) groups excluding carboxylic acids is 2. The second-order valence-corrected chi connectivity index (χ2v) is 8.92. The van der Waals surface area contributed by atoms with Crippen LogP contribution in [0.3, 0.4) is 0 Å². The summed E-state index contributed by atoms with van der Waals surface area (Å²) >= 11 is 0. The second-order valence-electron chi connectivity index (χ2n) is 8.92. The Morgan fingerprint density at radius 3 is 1.69 bits per heavy atom. The van der Waals surface area contributed by atoms with Crippen LogP contribution in [-0.4, -0.2) is 32.0 Å². The molecular formula is C27H47N3O2. The largest absolute Gasteiger partial charge is 0.376 e. The van der Waals surface area contributed by atoms with E-state index in [1.165, 1.54) is 90.4 Å². The fourth-order valence-corrected chi connectivity index (χ4v) is 3.78. The summed E-state index contributed by atoms with van der Waals surface area (Å²) in [6, 6.07) is 7.51. The molecule has 5 heteroatoms. The maximum Gasteiger partial charge on any atom is 0.239 e. The fourth-order valence-electron chi connectivity index (χ4n) is 3.78. The molecule has 0 aromatic heterocycles. The lowest BCUT2D eigenvalue weighted by molar-refractivity contribution is -0.119. The molecule has 32 heavy (non-hydrogen) atoms. The third-order valence-corrected chi connectivity index (χ3v) is 6.03. The quantitative estimate of drug-likeness (QED) is 0.234. The smallest absolute Gasteiger partial charge is 0.239 e. The van der Waals surface area contributed by atoms with Gasteiger partial charge in [-0.05, 0) is 30.7 Å². The van der Waals surface area contributed by atoms with Crippen LogP contribution in [0, 0.1) is 0 Å². The Morgan fingerprint density at radius 1 is 0.750 bits per heavy atom. The number of carbonyl (C=O) groups is 2. The summed E-state index contributed by atoms with van der Waals surface area (Å²) in [7, 11) is 1.75. The van der Waals surface area contributed by atoms with Crippen molar-refractivity contribution in [3.05, 3.63) is 24.3 Å². The Labute approximate surface area is 196 Å². The molecule has 0 aliphatic carbocycles. The van der Waals surface area contributed by atoms with Crippen molar-refractivity contribution in [3.63, 3.8) is 0 Å². The van der Waals surface area contributed by atoms with Crippen LogP contribution in [0.1, 0.15) is 104 Å². The molecular weight excluding hydrogens is 398 g/mol. The maximum absolute atomic E-state index is 12.0. The van der Waals surface area contributed by atoms with Gasteiger partial charge in [-0.15, -0.1) is 0 Å². The standard InChI is InChI=1S/C27H47N3O2/c1-4-5-6-7-8-9-10-11-12-13-14-15-16-17-22-28-27(32)23-29-25-18-20-26(21-19-25)30(3)24(2)31/h18-21,29H,4-17,22-23H2,1-3H3,(H,28,32). The van der Waals surface area contributed by atoms with Gasteiger partial charge in [0.2, 0.25) is 11.8 Å². The maximum atomic E-state index is 12.0. The van der Waals surface area contributed by atoms with Gasteiger partial charge in [0.05, 0.1) is 6.54 Å². The molecule has 5 nitrogen and oxygen atoms in total. The van der Waals surface area contributed by atoms with E-state index in [2.05, 4.69) is 17.6 Å². The molecule has 1 aromatic rings. The molecule has 0 radical (unpaired) electrons. The van der Waals surface area contributed by atoms with Crippen molar-refractivity contribution in [2.45, 2.75) is 104 Å². The third kappa shape index (κ3) is 14.1. The van der Waals surface area contributed by atoms with E-state index in [0.717, 1.165) is 24.3 Å². The van der Waals surface area contributed by atoms with E-state index in [1.54, 1.807) is 11.9 Å². The van der Waals surface area contributed by atoms with E-state index in [4.69, 9.17) is 0 Å². The molecule has 0 aliphatic rings. The highest BCUT2D eigenvalue weighted by Gasteiger charge is 2.05. The molecule has 0 unspecified atom stereocenters. The zero-order chi connectivity index (χ0) is 23.4. The monoisotopic (exact) mass is 445 g/mol. The number of hydrogen-bond donors (Lipinski definition) is 2. The fraction of sp³-hybridized carbons (Fsp3) is 0.704. The lowest BCUT2D eigenvalue weighted by Crippen LogP contribution is -2.30. The van der Waals surface area contributed by atoms with Gasteiger partial charge in [-0.25, -0.2) is 0 Å². The Hall–Kier alpha value is -2.04. The van der Waals surface area contributed by atoms with Crippen LogP contribution in [0.4, 0.5) is 11.4 Å². The molecule has 0 atom stereocenters. The van der Waals surface area contributed by atoms with Crippen molar-refractivity contribution in [1.29, 1.82) is 0 Å². The van der Waals surface area contributed by atoms with Gasteiger partial charge in [0.25, 0.3) is 0 Å². The molecule has 0 saturated carbocycles. The highest BCUT2D eigenvalue weighted by atomic mass is 16.2. The molecule has 1 rings (SSSR count). The summed E-state index contributed by atoms with van der Waals surface area (Å²) in [5.74, 6) is 0.0122. The van der Waals surface area contributed by atoms with Gasteiger partial charge in [0.1, 0.15) is 0 Å². The van der Waals surface area contributed by atoms with Gasteiger partial charge in [0, 0.05) is 31.9 Å². The van der Waals surface area contributed by atoms with Crippen molar-refractivity contribution in [2.75, 3.05) is 30.4 Å². The minimum absolute atomic E-state index is 0.00594. The van der Waals surface area contributed by atoms with Crippen LogP contribution in [0.15, 0.2) is 24.3 Å². The van der Waals surface area contributed by atoms with Crippen molar-refractivity contribution in [1.82, 2.24) is 5.32 Å². The summed E-state index contributed by atoms with van der Waals surface area (Å²) in [5.41, 5.74) is 1.71. The van der Waals surface area contributed by atoms with Crippen LogP contribution >= 0.6 is 0 Å². The molecule has 2 amide bonds. The molecule has 0 fully saturated rings. The SMILES string of the molecule is CCCCCCCCCCCCCCCCNC(=O)CNc1ccc(N(C)C(C)=O)cc1. The first-order chi connectivity index (χ1) is 15.5. The molecule has 0 heterocycles. The zero-order valence-electron chi connectivity index (χ0n) is 20.9. The Balaban J connectivity index is 1.92. The number of nitrogens with one attached hydrogen (secondary N) is 2. The lowest BCUT2D eigenvalue weighted by atomic mass is 10.0. The molecule has 0 bridgehead atoms. The molecule has 0 spiro atoms. The normalized spacial score (nSPS) is 10.7. The minimum atomic E-state index is -0.00594.